The van der Waals surface area contributed by atoms with E-state index in [-0.39, 0.29) is 0 Å². The van der Waals surface area contributed by atoms with Crippen LogP contribution < -0.4 is 10.6 Å². The van der Waals surface area contributed by atoms with E-state index in [0.717, 1.165) is 38.7 Å². The van der Waals surface area contributed by atoms with Crippen molar-refractivity contribution in [3.8, 4) is 0 Å². The number of nitrogens with zero attached hydrogens (tertiary/aromatic N) is 3. The maximum atomic E-state index is 4.78. The fourth-order valence-corrected chi connectivity index (χ4v) is 4.49. The molecule has 1 saturated heterocycles. The van der Waals surface area contributed by atoms with E-state index < -0.39 is 0 Å². The van der Waals surface area contributed by atoms with E-state index in [1.165, 1.54) is 35.5 Å². The molecule has 1 fully saturated rings. The van der Waals surface area contributed by atoms with E-state index >= 15 is 0 Å². The summed E-state index contributed by atoms with van der Waals surface area (Å²) in [5.41, 5.74) is 2.64. The molecule has 2 N–H and O–H groups in total. The van der Waals surface area contributed by atoms with Gasteiger partial charge in [0.05, 0.1) is 6.54 Å². The second-order valence-corrected chi connectivity index (χ2v) is 9.22. The lowest BCUT2D eigenvalue weighted by Crippen LogP contribution is -2.39. The summed E-state index contributed by atoms with van der Waals surface area (Å²) < 4.78 is 0. The number of guanidine groups is 1. The average molecular weight is 428 g/mol. The van der Waals surface area contributed by atoms with Crippen LogP contribution in [0.4, 0.5) is 0 Å². The highest BCUT2D eigenvalue weighted by molar-refractivity contribution is 7.10. The summed E-state index contributed by atoms with van der Waals surface area (Å²) in [6.07, 6.45) is 1.26. The van der Waals surface area contributed by atoms with Gasteiger partial charge in [-0.25, -0.2) is 4.99 Å². The number of thiophene rings is 1. The third-order valence-corrected chi connectivity index (χ3v) is 6.71. The molecule has 1 unspecified atom stereocenters. The van der Waals surface area contributed by atoms with E-state index in [2.05, 4.69) is 83.1 Å². The van der Waals surface area contributed by atoms with Crippen molar-refractivity contribution in [3.05, 3.63) is 57.8 Å². The summed E-state index contributed by atoms with van der Waals surface area (Å²) in [6, 6.07) is 13.3. The van der Waals surface area contributed by atoms with Gasteiger partial charge in [-0.05, 0) is 56.1 Å². The molecule has 1 atom stereocenters. The van der Waals surface area contributed by atoms with Crippen molar-refractivity contribution in [2.24, 2.45) is 4.99 Å². The molecule has 1 aromatic carbocycles. The molecule has 1 aromatic heterocycles. The van der Waals surface area contributed by atoms with Gasteiger partial charge in [-0.1, -0.05) is 37.3 Å². The molecule has 0 aliphatic carbocycles. The fraction of sp³-hybridized carbons (Fsp3) is 0.542. The zero-order valence-electron chi connectivity index (χ0n) is 18.7. The average Bonchev–Trinajstić information content (AvgIpc) is 3.22. The van der Waals surface area contributed by atoms with Crippen molar-refractivity contribution >= 4 is 17.3 Å². The van der Waals surface area contributed by atoms with Crippen molar-refractivity contribution < 1.29 is 0 Å². The number of hydrogen-bond acceptors (Lipinski definition) is 4. The zero-order chi connectivity index (χ0) is 21.2. The Bertz CT molecular complexity index is 756. The fourth-order valence-electron chi connectivity index (χ4n) is 3.70. The zero-order valence-corrected chi connectivity index (χ0v) is 19.5. The lowest BCUT2D eigenvalue weighted by molar-refractivity contribution is 0.269. The molecular weight excluding hydrogens is 390 g/mol. The topological polar surface area (TPSA) is 42.9 Å². The lowest BCUT2D eigenvalue weighted by atomic mass is 10.1. The molecular formula is C24H37N5S. The van der Waals surface area contributed by atoms with Gasteiger partial charge in [-0.3, -0.25) is 4.90 Å². The van der Waals surface area contributed by atoms with Crippen molar-refractivity contribution in [1.82, 2.24) is 20.4 Å². The maximum Gasteiger partial charge on any atom is 0.191 e. The van der Waals surface area contributed by atoms with Crippen molar-refractivity contribution in [3.63, 3.8) is 0 Å². The first-order valence-electron chi connectivity index (χ1n) is 11.2. The molecule has 0 radical (unpaired) electrons. The molecule has 1 aliphatic heterocycles. The van der Waals surface area contributed by atoms with Gasteiger partial charge in [0.15, 0.2) is 5.96 Å². The molecule has 5 nitrogen and oxygen atoms in total. The predicted octanol–water partition coefficient (Wildman–Crippen LogP) is 3.74. The molecule has 0 amide bonds. The van der Waals surface area contributed by atoms with Crippen LogP contribution >= 0.6 is 11.3 Å². The Hall–Kier alpha value is -1.89. The second kappa shape index (κ2) is 12.1. The molecule has 0 spiro atoms. The van der Waals surface area contributed by atoms with Gasteiger partial charge in [0, 0.05) is 43.5 Å². The molecule has 0 saturated carbocycles. The summed E-state index contributed by atoms with van der Waals surface area (Å²) in [5, 5.41) is 8.99. The number of hydrogen-bond donors (Lipinski definition) is 2. The van der Waals surface area contributed by atoms with Gasteiger partial charge in [0.2, 0.25) is 0 Å². The van der Waals surface area contributed by atoms with E-state index in [0.29, 0.717) is 12.5 Å². The Labute approximate surface area is 186 Å². The number of aliphatic imine (C=N–C) groups is 1. The molecule has 2 heterocycles. The first kappa shape index (κ1) is 22.8. The van der Waals surface area contributed by atoms with Crippen LogP contribution in [0.15, 0.2) is 46.8 Å². The van der Waals surface area contributed by atoms with Gasteiger partial charge in [0.1, 0.15) is 0 Å². The molecule has 2 aromatic rings. The first-order valence-corrected chi connectivity index (χ1v) is 12.1. The number of likely N-dealkylation sites (N-methyl/N-ethyl adjacent to an activating group) is 1. The number of nitrogens with one attached hydrogen (secondary N) is 2. The highest BCUT2D eigenvalue weighted by Crippen LogP contribution is 2.19. The molecule has 6 heteroatoms. The third-order valence-electron chi connectivity index (χ3n) is 5.61. The number of benzene rings is 1. The lowest BCUT2D eigenvalue weighted by Gasteiger charge is -2.20. The largest absolute Gasteiger partial charge is 0.357 e. The minimum Gasteiger partial charge on any atom is -0.357 e. The molecule has 30 heavy (non-hydrogen) atoms. The van der Waals surface area contributed by atoms with Crippen LogP contribution in [0.5, 0.6) is 0 Å². The quantitative estimate of drug-likeness (QED) is 0.497. The van der Waals surface area contributed by atoms with Crippen molar-refractivity contribution in [2.75, 3.05) is 46.3 Å². The maximum absolute atomic E-state index is 4.78. The van der Waals surface area contributed by atoms with Crippen molar-refractivity contribution in [2.45, 2.75) is 39.3 Å². The van der Waals surface area contributed by atoms with Crippen LogP contribution in [0.3, 0.4) is 0 Å². The van der Waals surface area contributed by atoms with Crippen LogP contribution in [0.25, 0.3) is 0 Å². The standard InChI is InChI=1S/C24H37N5S/c1-4-25-24(26-17-20(2)23-7-5-16-30-23)27-18-21-8-10-22(11-9-21)19-29-13-6-12-28(3)14-15-29/h5,7-11,16,20H,4,6,12-15,17-19H2,1-3H3,(H2,25,26,27). The third kappa shape index (κ3) is 7.42. The number of rotatable bonds is 8. The normalized spacial score (nSPS) is 17.5. The Morgan fingerprint density at radius 2 is 1.87 bits per heavy atom. The molecule has 0 bridgehead atoms. The van der Waals surface area contributed by atoms with Gasteiger partial charge in [-0.2, -0.15) is 0 Å². The molecule has 164 valence electrons. The van der Waals surface area contributed by atoms with E-state index in [4.69, 9.17) is 4.99 Å². The van der Waals surface area contributed by atoms with Crippen LogP contribution in [-0.4, -0.2) is 62.1 Å². The summed E-state index contributed by atoms with van der Waals surface area (Å²) in [7, 11) is 2.22. The van der Waals surface area contributed by atoms with Crippen LogP contribution in [0.2, 0.25) is 0 Å². The predicted molar refractivity (Wildman–Crippen MR) is 129 cm³/mol. The minimum absolute atomic E-state index is 0.479. The first-order chi connectivity index (χ1) is 14.6. The van der Waals surface area contributed by atoms with E-state index in [1.54, 1.807) is 0 Å². The Morgan fingerprint density at radius 1 is 1.07 bits per heavy atom. The Kier molecular flexibility index (Phi) is 9.18. The van der Waals surface area contributed by atoms with Crippen LogP contribution in [0.1, 0.15) is 42.2 Å². The second-order valence-electron chi connectivity index (χ2n) is 8.24. The highest BCUT2D eigenvalue weighted by atomic mass is 32.1. The van der Waals surface area contributed by atoms with Crippen molar-refractivity contribution in [1.29, 1.82) is 0 Å². The SMILES string of the molecule is CCNC(=NCc1ccc(CN2CCCN(C)CC2)cc1)NCC(C)c1cccs1. The van der Waals surface area contributed by atoms with E-state index in [9.17, 15) is 0 Å². The summed E-state index contributed by atoms with van der Waals surface area (Å²) in [6.45, 7) is 12.6. The summed E-state index contributed by atoms with van der Waals surface area (Å²) >= 11 is 1.82. The summed E-state index contributed by atoms with van der Waals surface area (Å²) in [5.74, 6) is 1.37. The van der Waals surface area contributed by atoms with Gasteiger partial charge >= 0.3 is 0 Å². The smallest absolute Gasteiger partial charge is 0.191 e. The molecule has 1 aliphatic rings. The van der Waals surface area contributed by atoms with Gasteiger partial charge in [0.25, 0.3) is 0 Å². The van der Waals surface area contributed by atoms with E-state index in [1.807, 2.05) is 11.3 Å². The highest BCUT2D eigenvalue weighted by Gasteiger charge is 2.12. The Balaban J connectivity index is 1.50. The van der Waals surface area contributed by atoms with Crippen LogP contribution in [-0.2, 0) is 13.1 Å². The van der Waals surface area contributed by atoms with Gasteiger partial charge in [-0.15, -0.1) is 11.3 Å². The van der Waals surface area contributed by atoms with Gasteiger partial charge < -0.3 is 15.5 Å². The minimum atomic E-state index is 0.479. The molecule has 3 rings (SSSR count). The monoisotopic (exact) mass is 427 g/mol. The Morgan fingerprint density at radius 3 is 2.60 bits per heavy atom. The summed E-state index contributed by atoms with van der Waals surface area (Å²) in [4.78, 5) is 11.2. The van der Waals surface area contributed by atoms with Crippen LogP contribution in [0, 0.1) is 0 Å².